The van der Waals surface area contributed by atoms with Crippen LogP contribution in [0.1, 0.15) is 49.5 Å². The molecule has 176 valence electrons. The van der Waals surface area contributed by atoms with Crippen molar-refractivity contribution >= 4 is 44.5 Å². The van der Waals surface area contributed by atoms with Crippen molar-refractivity contribution in [3.05, 3.63) is 52.5 Å². The number of carbonyl (C=O) groups excluding carboxylic acids is 1. The van der Waals surface area contributed by atoms with Gasteiger partial charge in [0.2, 0.25) is 5.91 Å². The van der Waals surface area contributed by atoms with Crippen molar-refractivity contribution in [3.8, 4) is 17.0 Å². The first-order valence-corrected chi connectivity index (χ1v) is 14.3. The van der Waals surface area contributed by atoms with Crippen molar-refractivity contribution in [1.29, 1.82) is 0 Å². The summed E-state index contributed by atoms with van der Waals surface area (Å²) in [6.45, 7) is 0. The Kier molecular flexibility index (Phi) is 4.90. The van der Waals surface area contributed by atoms with Crippen LogP contribution in [0.2, 0.25) is 0 Å². The Hall–Kier alpha value is -1.92. The predicted molar refractivity (Wildman–Crippen MR) is 141 cm³/mol. The van der Waals surface area contributed by atoms with Gasteiger partial charge in [0.1, 0.15) is 11.1 Å². The van der Waals surface area contributed by atoms with E-state index in [1.807, 2.05) is 17.8 Å². The van der Waals surface area contributed by atoms with E-state index in [-0.39, 0.29) is 10.9 Å². The van der Waals surface area contributed by atoms with Crippen molar-refractivity contribution < 1.29 is 9.53 Å². The van der Waals surface area contributed by atoms with Crippen LogP contribution in [0.4, 0.5) is 0 Å². The summed E-state index contributed by atoms with van der Waals surface area (Å²) in [5.41, 5.74) is 4.60. The average molecular weight is 538 g/mol. The van der Waals surface area contributed by atoms with Crippen LogP contribution in [0.5, 0.6) is 5.75 Å². The third-order valence-electron chi connectivity index (χ3n) is 8.82. The monoisotopic (exact) mass is 536 g/mol. The minimum Gasteiger partial charge on any atom is -0.497 e. The smallest absolute Gasteiger partial charge is 0.234 e. The normalized spacial score (nSPS) is 32.2. The van der Waals surface area contributed by atoms with E-state index in [0.29, 0.717) is 11.7 Å². The first-order valence-electron chi connectivity index (χ1n) is 12.4. The fourth-order valence-electron chi connectivity index (χ4n) is 7.96. The number of ether oxygens (including phenoxy) is 1. The summed E-state index contributed by atoms with van der Waals surface area (Å²) < 4.78 is 6.68. The molecule has 3 aromatic rings. The summed E-state index contributed by atoms with van der Waals surface area (Å²) in [5, 5.41) is 1.18. The third-order valence-corrected chi connectivity index (χ3v) is 10.7. The van der Waals surface area contributed by atoms with Crippen LogP contribution < -0.4 is 4.74 Å². The number of carbonyl (C=O) groups is 1. The quantitative estimate of drug-likeness (QED) is 0.385. The van der Waals surface area contributed by atoms with Crippen molar-refractivity contribution in [3.63, 3.8) is 0 Å². The minimum absolute atomic E-state index is 0.0201. The molecule has 6 heteroatoms. The van der Waals surface area contributed by atoms with Gasteiger partial charge in [0.15, 0.2) is 0 Å². The number of hydrogen-bond acceptors (Lipinski definition) is 3. The van der Waals surface area contributed by atoms with Gasteiger partial charge in [-0.25, -0.2) is 0 Å². The summed E-state index contributed by atoms with van der Waals surface area (Å²) in [6.07, 6.45) is 7.72. The second-order valence-electron chi connectivity index (χ2n) is 10.9. The molecule has 34 heavy (non-hydrogen) atoms. The number of thioether (sulfide) groups is 1. The van der Waals surface area contributed by atoms with E-state index in [0.717, 1.165) is 50.1 Å². The Morgan fingerprint density at radius 3 is 2.44 bits per heavy atom. The maximum atomic E-state index is 13.6. The van der Waals surface area contributed by atoms with Crippen molar-refractivity contribution in [2.75, 3.05) is 12.9 Å². The Morgan fingerprint density at radius 1 is 1.06 bits per heavy atom. The van der Waals surface area contributed by atoms with Gasteiger partial charge in [0.25, 0.3) is 0 Å². The fourth-order valence-corrected chi connectivity index (χ4v) is 9.79. The van der Waals surface area contributed by atoms with Crippen LogP contribution in [0.15, 0.2) is 46.9 Å². The van der Waals surface area contributed by atoms with Crippen molar-refractivity contribution in [1.82, 2.24) is 9.88 Å². The standard InChI is InChI=1S/C28H29BrN2O2S/c1-33-19-6-7-23-21(11-19)25(26(30-23)20-4-2-3-5-22(20)29)27-31(24(32)15-34-27)28-12-16-8-17(13-28)10-18(9-16)14-28/h2-7,11,16-18,27,30H,8-10,12-15H2,1H3. The highest BCUT2D eigenvalue weighted by molar-refractivity contribution is 9.10. The Balaban J connectivity index is 1.42. The van der Waals surface area contributed by atoms with E-state index in [1.165, 1.54) is 44.1 Å². The molecule has 1 N–H and O–H groups in total. The lowest BCUT2D eigenvalue weighted by Gasteiger charge is -2.60. The molecule has 2 heterocycles. The molecule has 1 saturated heterocycles. The van der Waals surface area contributed by atoms with Gasteiger partial charge < -0.3 is 14.6 Å². The molecular formula is C28H29BrN2O2S. The maximum Gasteiger partial charge on any atom is 0.234 e. The first-order chi connectivity index (χ1) is 16.5. The van der Waals surface area contributed by atoms with Gasteiger partial charge in [0, 0.05) is 32.0 Å². The lowest BCUT2D eigenvalue weighted by Crippen LogP contribution is -2.60. The maximum absolute atomic E-state index is 13.6. The average Bonchev–Trinajstić information content (AvgIpc) is 3.38. The molecule has 0 radical (unpaired) electrons. The molecule has 1 unspecified atom stereocenters. The number of H-pyrrole nitrogens is 1. The largest absolute Gasteiger partial charge is 0.497 e. The highest BCUT2D eigenvalue weighted by Gasteiger charge is 2.58. The zero-order valence-electron chi connectivity index (χ0n) is 19.4. The van der Waals surface area contributed by atoms with Crippen LogP contribution in [-0.2, 0) is 4.79 Å². The number of nitrogens with zero attached hydrogens (tertiary/aromatic N) is 1. The second kappa shape index (κ2) is 7.79. The lowest BCUT2D eigenvalue weighted by molar-refractivity contribution is -0.148. The molecule has 0 spiro atoms. The van der Waals surface area contributed by atoms with Crippen LogP contribution in [0.25, 0.3) is 22.2 Å². The lowest BCUT2D eigenvalue weighted by atomic mass is 9.52. The number of rotatable bonds is 4. The molecule has 4 saturated carbocycles. The zero-order chi connectivity index (χ0) is 23.0. The SMILES string of the molecule is COc1ccc2[nH]c(-c3ccccc3Br)c(C3SCC(=O)N3C34CC5CC(CC(C5)C3)C4)c2c1. The molecule has 1 aliphatic heterocycles. The summed E-state index contributed by atoms with van der Waals surface area (Å²) >= 11 is 5.60. The predicted octanol–water partition coefficient (Wildman–Crippen LogP) is 7.15. The Morgan fingerprint density at radius 2 is 1.76 bits per heavy atom. The molecule has 4 nitrogen and oxygen atoms in total. The highest BCUT2D eigenvalue weighted by Crippen LogP contribution is 2.62. The number of benzene rings is 2. The molecule has 4 bridgehead atoms. The number of methoxy groups -OCH3 is 1. The molecule has 1 aromatic heterocycles. The number of aromatic nitrogens is 1. The number of nitrogens with one attached hydrogen (secondary N) is 1. The van der Waals surface area contributed by atoms with Crippen LogP contribution >= 0.6 is 27.7 Å². The van der Waals surface area contributed by atoms with Crippen molar-refractivity contribution in [2.45, 2.75) is 49.4 Å². The fraction of sp³-hybridized carbons (Fsp3) is 0.464. The molecule has 1 atom stereocenters. The van der Waals surface area contributed by atoms with E-state index in [9.17, 15) is 4.79 Å². The molecule has 5 fully saturated rings. The van der Waals surface area contributed by atoms with Gasteiger partial charge in [-0.05, 0) is 80.5 Å². The summed E-state index contributed by atoms with van der Waals surface area (Å²) in [7, 11) is 1.72. The van der Waals surface area contributed by atoms with Gasteiger partial charge in [-0.15, -0.1) is 11.8 Å². The van der Waals surface area contributed by atoms with E-state index >= 15 is 0 Å². The van der Waals surface area contributed by atoms with E-state index in [1.54, 1.807) is 7.11 Å². The number of fused-ring (bicyclic) bond motifs is 1. The first kappa shape index (κ1) is 21.4. The van der Waals surface area contributed by atoms with Gasteiger partial charge in [-0.3, -0.25) is 4.79 Å². The van der Waals surface area contributed by atoms with E-state index in [4.69, 9.17) is 4.74 Å². The van der Waals surface area contributed by atoms with Gasteiger partial charge in [-0.1, -0.05) is 34.1 Å². The van der Waals surface area contributed by atoms with Crippen LogP contribution in [-0.4, -0.2) is 34.2 Å². The summed E-state index contributed by atoms with van der Waals surface area (Å²) in [6, 6.07) is 14.6. The molecule has 5 aliphatic rings. The van der Waals surface area contributed by atoms with Gasteiger partial charge >= 0.3 is 0 Å². The molecule has 1 amide bonds. The van der Waals surface area contributed by atoms with Crippen LogP contribution in [0.3, 0.4) is 0 Å². The topological polar surface area (TPSA) is 45.3 Å². The molecule has 4 aliphatic carbocycles. The highest BCUT2D eigenvalue weighted by atomic mass is 79.9. The molecule has 8 rings (SSSR count). The summed E-state index contributed by atoms with van der Waals surface area (Å²) in [4.78, 5) is 19.7. The van der Waals surface area contributed by atoms with Gasteiger partial charge in [0.05, 0.1) is 18.6 Å². The zero-order valence-corrected chi connectivity index (χ0v) is 21.8. The Labute approximate surface area is 212 Å². The second-order valence-corrected chi connectivity index (χ2v) is 12.8. The summed E-state index contributed by atoms with van der Waals surface area (Å²) in [5.74, 6) is 4.15. The Bertz CT molecular complexity index is 1270. The van der Waals surface area contributed by atoms with Crippen LogP contribution in [0, 0.1) is 17.8 Å². The number of hydrogen-bond donors (Lipinski definition) is 1. The molecular weight excluding hydrogens is 508 g/mol. The minimum atomic E-state index is 0.0201. The third kappa shape index (κ3) is 3.13. The number of amides is 1. The number of aromatic amines is 1. The van der Waals surface area contributed by atoms with Gasteiger partial charge in [-0.2, -0.15) is 0 Å². The van der Waals surface area contributed by atoms with E-state index < -0.39 is 0 Å². The molecule has 2 aromatic carbocycles. The number of halogens is 1. The van der Waals surface area contributed by atoms with Crippen molar-refractivity contribution in [2.24, 2.45) is 17.8 Å². The van der Waals surface area contributed by atoms with E-state index in [2.05, 4.69) is 62.2 Å².